The van der Waals surface area contributed by atoms with Crippen LogP contribution in [-0.4, -0.2) is 38.5 Å². The molecule has 0 bridgehead atoms. The van der Waals surface area contributed by atoms with Crippen molar-refractivity contribution in [1.29, 1.82) is 0 Å². The molecule has 15 heavy (non-hydrogen) atoms. The number of hydrogen-bond acceptors (Lipinski definition) is 5. The Labute approximate surface area is 95.0 Å². The van der Waals surface area contributed by atoms with Crippen LogP contribution in [-0.2, 0) is 7.05 Å². The summed E-state index contributed by atoms with van der Waals surface area (Å²) in [5.41, 5.74) is 0. The second-order valence-electron chi connectivity index (χ2n) is 3.75. The van der Waals surface area contributed by atoms with Gasteiger partial charge < -0.3 is 5.32 Å². The molecule has 1 aromatic rings. The molecule has 6 heteroatoms. The van der Waals surface area contributed by atoms with E-state index in [1.165, 1.54) is 12.8 Å². The van der Waals surface area contributed by atoms with Crippen molar-refractivity contribution >= 4 is 11.8 Å². The third kappa shape index (κ3) is 5.13. The fraction of sp³-hybridized carbons (Fsp3) is 0.889. The normalized spacial score (nSPS) is 11.2. The van der Waals surface area contributed by atoms with Crippen LogP contribution < -0.4 is 5.32 Å². The molecule has 86 valence electrons. The van der Waals surface area contributed by atoms with Gasteiger partial charge in [0.25, 0.3) is 0 Å². The lowest BCUT2D eigenvalue weighted by Gasteiger charge is -2.06. The quantitative estimate of drug-likeness (QED) is 0.560. The summed E-state index contributed by atoms with van der Waals surface area (Å²) in [5, 5.41) is 15.6. The number of aryl methyl sites for hydroxylation is 1. The Bertz CT molecular complexity index is 273. The highest BCUT2D eigenvalue weighted by molar-refractivity contribution is 7.99. The molecule has 0 aromatic carbocycles. The van der Waals surface area contributed by atoms with Crippen LogP contribution in [0, 0.1) is 0 Å². The van der Waals surface area contributed by atoms with Crippen LogP contribution in [0.3, 0.4) is 0 Å². The van der Waals surface area contributed by atoms with E-state index >= 15 is 0 Å². The maximum atomic E-state index is 3.91. The minimum absolute atomic E-state index is 0.584. The third-order valence-corrected chi connectivity index (χ3v) is 3.03. The predicted molar refractivity (Wildman–Crippen MR) is 61.9 cm³/mol. The molecule has 1 rings (SSSR count). The lowest BCUT2D eigenvalue weighted by atomic mass is 10.3. The molecule has 0 radical (unpaired) electrons. The fourth-order valence-corrected chi connectivity index (χ4v) is 1.97. The van der Waals surface area contributed by atoms with Gasteiger partial charge in [0.1, 0.15) is 0 Å². The second-order valence-corrected chi connectivity index (χ2v) is 4.81. The van der Waals surface area contributed by atoms with Gasteiger partial charge in [0, 0.05) is 18.8 Å². The molecular formula is C9H19N5S. The van der Waals surface area contributed by atoms with E-state index < -0.39 is 0 Å². The smallest absolute Gasteiger partial charge is 0.209 e. The van der Waals surface area contributed by atoms with Crippen LogP contribution in [0.4, 0.5) is 0 Å². The van der Waals surface area contributed by atoms with Gasteiger partial charge in [0.05, 0.1) is 0 Å². The molecule has 1 heterocycles. The molecule has 0 amide bonds. The van der Waals surface area contributed by atoms with E-state index in [-0.39, 0.29) is 0 Å². The molecule has 0 unspecified atom stereocenters. The summed E-state index contributed by atoms with van der Waals surface area (Å²) in [5.74, 6) is 1.08. The van der Waals surface area contributed by atoms with E-state index in [0.29, 0.717) is 6.04 Å². The SMILES string of the molecule is CC(C)NCCCCSc1nnnn1C. The molecule has 0 aliphatic heterocycles. The van der Waals surface area contributed by atoms with Gasteiger partial charge in [0.2, 0.25) is 5.16 Å². The van der Waals surface area contributed by atoms with Crippen LogP contribution in [0.2, 0.25) is 0 Å². The summed E-state index contributed by atoms with van der Waals surface area (Å²) in [4.78, 5) is 0. The highest BCUT2D eigenvalue weighted by Gasteiger charge is 2.01. The van der Waals surface area contributed by atoms with Crippen LogP contribution in [0.1, 0.15) is 26.7 Å². The van der Waals surface area contributed by atoms with E-state index in [1.807, 2.05) is 7.05 Å². The Hall–Kier alpha value is -0.620. The molecule has 0 saturated heterocycles. The highest BCUT2D eigenvalue weighted by Crippen LogP contribution is 2.13. The van der Waals surface area contributed by atoms with Crippen LogP contribution >= 0.6 is 11.8 Å². The van der Waals surface area contributed by atoms with Crippen molar-refractivity contribution in [3.8, 4) is 0 Å². The monoisotopic (exact) mass is 229 g/mol. The van der Waals surface area contributed by atoms with Gasteiger partial charge in [-0.15, -0.1) is 5.10 Å². The van der Waals surface area contributed by atoms with Gasteiger partial charge in [-0.3, -0.25) is 0 Å². The highest BCUT2D eigenvalue weighted by atomic mass is 32.2. The lowest BCUT2D eigenvalue weighted by Crippen LogP contribution is -2.23. The van der Waals surface area contributed by atoms with E-state index in [2.05, 4.69) is 34.7 Å². The first-order valence-electron chi connectivity index (χ1n) is 5.28. The van der Waals surface area contributed by atoms with Crippen molar-refractivity contribution in [3.63, 3.8) is 0 Å². The number of unbranched alkanes of at least 4 members (excludes halogenated alkanes) is 1. The number of thioether (sulfide) groups is 1. The van der Waals surface area contributed by atoms with E-state index in [9.17, 15) is 0 Å². The molecule has 0 aliphatic rings. The number of tetrazole rings is 1. The molecule has 1 N–H and O–H groups in total. The van der Waals surface area contributed by atoms with Crippen LogP contribution in [0.15, 0.2) is 5.16 Å². The van der Waals surface area contributed by atoms with Gasteiger partial charge in [-0.05, 0) is 29.8 Å². The van der Waals surface area contributed by atoms with Crippen molar-refractivity contribution < 1.29 is 0 Å². The van der Waals surface area contributed by atoms with E-state index in [4.69, 9.17) is 0 Å². The standard InChI is InChI=1S/C9H19N5S/c1-8(2)10-6-4-5-7-15-9-11-12-13-14(9)3/h8,10H,4-7H2,1-3H3. The van der Waals surface area contributed by atoms with Crippen molar-refractivity contribution in [2.75, 3.05) is 12.3 Å². The van der Waals surface area contributed by atoms with Crippen molar-refractivity contribution in [3.05, 3.63) is 0 Å². The zero-order chi connectivity index (χ0) is 11.1. The fourth-order valence-electron chi connectivity index (χ4n) is 1.12. The molecule has 0 spiro atoms. The topological polar surface area (TPSA) is 55.6 Å². The third-order valence-electron chi connectivity index (χ3n) is 1.94. The van der Waals surface area contributed by atoms with Crippen LogP contribution in [0.25, 0.3) is 0 Å². The van der Waals surface area contributed by atoms with E-state index in [0.717, 1.165) is 17.5 Å². The van der Waals surface area contributed by atoms with Crippen molar-refractivity contribution in [2.24, 2.45) is 7.05 Å². The van der Waals surface area contributed by atoms with Gasteiger partial charge >= 0.3 is 0 Å². The van der Waals surface area contributed by atoms with Crippen molar-refractivity contribution in [2.45, 2.75) is 37.9 Å². The van der Waals surface area contributed by atoms with E-state index in [1.54, 1.807) is 16.4 Å². The average molecular weight is 229 g/mol. The summed E-state index contributed by atoms with van der Waals surface area (Å²) < 4.78 is 1.71. The number of nitrogens with zero attached hydrogens (tertiary/aromatic N) is 4. The Morgan fingerprint density at radius 3 is 2.80 bits per heavy atom. The number of aromatic nitrogens is 4. The zero-order valence-corrected chi connectivity index (χ0v) is 10.4. The maximum absolute atomic E-state index is 3.91. The molecule has 0 saturated carbocycles. The first-order chi connectivity index (χ1) is 7.20. The summed E-state index contributed by atoms with van der Waals surface area (Å²) in [7, 11) is 1.86. The molecule has 0 aliphatic carbocycles. The Balaban J connectivity index is 2.00. The Morgan fingerprint density at radius 1 is 1.40 bits per heavy atom. The first-order valence-corrected chi connectivity index (χ1v) is 6.27. The molecular weight excluding hydrogens is 210 g/mol. The molecule has 0 atom stereocenters. The average Bonchev–Trinajstić information content (AvgIpc) is 2.57. The predicted octanol–water partition coefficient (Wildman–Crippen LogP) is 1.08. The van der Waals surface area contributed by atoms with Gasteiger partial charge in [0.15, 0.2) is 0 Å². The summed E-state index contributed by atoms with van der Waals surface area (Å²) in [6, 6.07) is 0.584. The van der Waals surface area contributed by atoms with Crippen LogP contribution in [0.5, 0.6) is 0 Å². The van der Waals surface area contributed by atoms with Gasteiger partial charge in [-0.25, -0.2) is 4.68 Å². The second kappa shape index (κ2) is 6.79. The Morgan fingerprint density at radius 2 is 2.20 bits per heavy atom. The number of nitrogens with one attached hydrogen (secondary N) is 1. The number of hydrogen-bond donors (Lipinski definition) is 1. The summed E-state index contributed by atoms with van der Waals surface area (Å²) in [6.45, 7) is 5.43. The molecule has 1 aromatic heterocycles. The Kier molecular flexibility index (Phi) is 5.63. The summed E-state index contributed by atoms with van der Waals surface area (Å²) >= 11 is 1.71. The first kappa shape index (κ1) is 12.4. The minimum atomic E-state index is 0.584. The molecule has 5 nitrogen and oxygen atoms in total. The zero-order valence-electron chi connectivity index (χ0n) is 9.60. The number of rotatable bonds is 7. The lowest BCUT2D eigenvalue weighted by molar-refractivity contribution is 0.567. The minimum Gasteiger partial charge on any atom is -0.315 e. The van der Waals surface area contributed by atoms with Gasteiger partial charge in [-0.1, -0.05) is 25.6 Å². The maximum Gasteiger partial charge on any atom is 0.209 e. The summed E-state index contributed by atoms with van der Waals surface area (Å²) in [6.07, 6.45) is 2.40. The largest absolute Gasteiger partial charge is 0.315 e. The molecule has 0 fully saturated rings. The van der Waals surface area contributed by atoms with Gasteiger partial charge in [-0.2, -0.15) is 0 Å². The van der Waals surface area contributed by atoms with Crippen molar-refractivity contribution in [1.82, 2.24) is 25.5 Å².